The number of nitrogens with zero attached hydrogens (tertiary/aromatic N) is 2. The molecule has 0 atom stereocenters. The Morgan fingerprint density at radius 2 is 1.89 bits per heavy atom. The van der Waals surface area contributed by atoms with Crippen molar-refractivity contribution in [1.29, 1.82) is 0 Å². The average Bonchev–Trinajstić information content (AvgIpc) is 2.35. The van der Waals surface area contributed by atoms with Crippen LogP contribution in [0.3, 0.4) is 0 Å². The van der Waals surface area contributed by atoms with Gasteiger partial charge in [-0.15, -0.1) is 0 Å². The molecule has 0 radical (unpaired) electrons. The molecule has 94 valence electrons. The molecule has 0 saturated carbocycles. The van der Waals surface area contributed by atoms with Crippen LogP contribution in [0.15, 0.2) is 29.1 Å². The van der Waals surface area contributed by atoms with Crippen LogP contribution in [0.5, 0.6) is 0 Å². The molecule has 0 aliphatic rings. The smallest absolute Gasteiger partial charge is 0.271 e. The Labute approximate surface area is 106 Å². The first-order chi connectivity index (χ1) is 8.52. The molecule has 1 aromatic heterocycles. The van der Waals surface area contributed by atoms with E-state index in [0.29, 0.717) is 6.54 Å². The summed E-state index contributed by atoms with van der Waals surface area (Å²) in [7, 11) is 0. The predicted octanol–water partition coefficient (Wildman–Crippen LogP) is 1.62. The Morgan fingerprint density at radius 1 is 1.17 bits per heavy atom. The Morgan fingerprint density at radius 3 is 2.50 bits per heavy atom. The van der Waals surface area contributed by atoms with Crippen LogP contribution in [-0.2, 0) is 6.54 Å². The Hall–Kier alpha value is -1.94. The van der Waals surface area contributed by atoms with Gasteiger partial charge in [0.25, 0.3) is 5.56 Å². The third-order valence-electron chi connectivity index (χ3n) is 3.18. The van der Waals surface area contributed by atoms with Crippen molar-refractivity contribution in [3.05, 3.63) is 57.0 Å². The minimum atomic E-state index is -0.149. The summed E-state index contributed by atoms with van der Waals surface area (Å²) in [6.07, 6.45) is 0. The monoisotopic (exact) mass is 243 g/mol. The van der Waals surface area contributed by atoms with Gasteiger partial charge in [-0.2, -0.15) is 9.78 Å². The third kappa shape index (κ3) is 2.19. The van der Waals surface area contributed by atoms with Crippen molar-refractivity contribution in [2.75, 3.05) is 0 Å². The molecule has 0 aliphatic heterocycles. The molecule has 18 heavy (non-hydrogen) atoms. The molecule has 1 heterocycles. The van der Waals surface area contributed by atoms with E-state index in [1.807, 2.05) is 39.0 Å². The van der Waals surface area contributed by atoms with Crippen molar-refractivity contribution >= 4 is 0 Å². The first kappa shape index (κ1) is 12.5. The number of aromatic nitrogens is 2. The second-order valence-corrected chi connectivity index (χ2v) is 4.48. The van der Waals surface area contributed by atoms with Crippen molar-refractivity contribution in [3.8, 4) is 5.69 Å². The quantitative estimate of drug-likeness (QED) is 0.871. The zero-order valence-corrected chi connectivity index (χ0v) is 10.9. The second-order valence-electron chi connectivity index (χ2n) is 4.48. The van der Waals surface area contributed by atoms with E-state index in [2.05, 4.69) is 5.10 Å². The number of hydrogen-bond acceptors (Lipinski definition) is 3. The molecule has 0 saturated heterocycles. The lowest BCUT2D eigenvalue weighted by Crippen LogP contribution is -2.23. The molecule has 4 heteroatoms. The van der Waals surface area contributed by atoms with E-state index in [9.17, 15) is 4.79 Å². The molecule has 0 aliphatic carbocycles. The van der Waals surface area contributed by atoms with Crippen LogP contribution in [0.4, 0.5) is 0 Å². The zero-order chi connectivity index (χ0) is 13.3. The summed E-state index contributed by atoms with van der Waals surface area (Å²) in [5.41, 5.74) is 10.1. The molecule has 0 bridgehead atoms. The van der Waals surface area contributed by atoms with Crippen molar-refractivity contribution < 1.29 is 0 Å². The van der Waals surface area contributed by atoms with Crippen molar-refractivity contribution in [2.45, 2.75) is 27.3 Å². The van der Waals surface area contributed by atoms with Gasteiger partial charge in [-0.3, -0.25) is 4.79 Å². The van der Waals surface area contributed by atoms with E-state index in [-0.39, 0.29) is 5.56 Å². The van der Waals surface area contributed by atoms with E-state index < -0.39 is 0 Å². The van der Waals surface area contributed by atoms with Gasteiger partial charge in [-0.05, 0) is 49.6 Å². The normalized spacial score (nSPS) is 10.7. The van der Waals surface area contributed by atoms with Crippen LogP contribution in [0.25, 0.3) is 5.69 Å². The summed E-state index contributed by atoms with van der Waals surface area (Å²) in [6.45, 7) is 6.25. The van der Waals surface area contributed by atoms with E-state index in [0.717, 1.165) is 22.5 Å². The van der Waals surface area contributed by atoms with Gasteiger partial charge in [-0.25, -0.2) is 0 Å². The molecule has 2 rings (SSSR count). The summed E-state index contributed by atoms with van der Waals surface area (Å²) in [4.78, 5) is 12.0. The van der Waals surface area contributed by atoms with Crippen LogP contribution in [0.1, 0.15) is 22.4 Å². The molecule has 2 aromatic rings. The molecule has 4 nitrogen and oxygen atoms in total. The van der Waals surface area contributed by atoms with Crippen LogP contribution in [0.2, 0.25) is 0 Å². The lowest BCUT2D eigenvalue weighted by molar-refractivity contribution is 0.766. The molecule has 0 amide bonds. The summed E-state index contributed by atoms with van der Waals surface area (Å²) >= 11 is 0. The van der Waals surface area contributed by atoms with Gasteiger partial charge in [-0.1, -0.05) is 6.07 Å². The van der Waals surface area contributed by atoms with E-state index in [4.69, 9.17) is 5.73 Å². The average molecular weight is 243 g/mol. The number of hydrogen-bond donors (Lipinski definition) is 1. The van der Waals surface area contributed by atoms with Gasteiger partial charge in [0.1, 0.15) is 0 Å². The molecular weight excluding hydrogens is 226 g/mol. The second kappa shape index (κ2) is 4.74. The molecule has 0 fully saturated rings. The van der Waals surface area contributed by atoms with E-state index in [1.165, 1.54) is 10.2 Å². The fourth-order valence-electron chi connectivity index (χ4n) is 1.83. The Kier molecular flexibility index (Phi) is 3.30. The fraction of sp³-hybridized carbons (Fsp3) is 0.286. The Balaban J connectivity index is 2.61. The molecule has 1 aromatic carbocycles. The highest BCUT2D eigenvalue weighted by atomic mass is 16.1. The van der Waals surface area contributed by atoms with E-state index >= 15 is 0 Å². The largest absolute Gasteiger partial charge is 0.326 e. The number of benzene rings is 1. The Bertz CT molecular complexity index is 644. The maximum absolute atomic E-state index is 12.0. The number of nitrogens with two attached hydrogens (primary N) is 1. The van der Waals surface area contributed by atoms with Gasteiger partial charge in [0.05, 0.1) is 11.4 Å². The highest BCUT2D eigenvalue weighted by Crippen LogP contribution is 2.12. The first-order valence-corrected chi connectivity index (χ1v) is 5.90. The predicted molar refractivity (Wildman–Crippen MR) is 71.9 cm³/mol. The minimum absolute atomic E-state index is 0.149. The van der Waals surface area contributed by atoms with Crippen LogP contribution < -0.4 is 11.3 Å². The highest BCUT2D eigenvalue weighted by Gasteiger charge is 2.06. The molecule has 2 N–H and O–H groups in total. The number of aryl methyl sites for hydroxylation is 3. The minimum Gasteiger partial charge on any atom is -0.326 e. The molecule has 0 unspecified atom stereocenters. The van der Waals surface area contributed by atoms with Crippen molar-refractivity contribution in [1.82, 2.24) is 9.78 Å². The summed E-state index contributed by atoms with van der Waals surface area (Å²) < 4.78 is 1.42. The maximum atomic E-state index is 12.0. The molecular formula is C14H17N3O. The SMILES string of the molecule is Cc1ccc(-n2nc(C)c(CN)cc2=O)cc1C. The lowest BCUT2D eigenvalue weighted by Gasteiger charge is -2.09. The zero-order valence-electron chi connectivity index (χ0n) is 10.9. The van der Waals surface area contributed by atoms with Crippen LogP contribution in [-0.4, -0.2) is 9.78 Å². The van der Waals surface area contributed by atoms with Gasteiger partial charge >= 0.3 is 0 Å². The lowest BCUT2D eigenvalue weighted by atomic mass is 10.1. The van der Waals surface area contributed by atoms with Gasteiger partial charge in [0.2, 0.25) is 0 Å². The highest BCUT2D eigenvalue weighted by molar-refractivity contribution is 5.39. The fourth-order valence-corrected chi connectivity index (χ4v) is 1.83. The third-order valence-corrected chi connectivity index (χ3v) is 3.18. The first-order valence-electron chi connectivity index (χ1n) is 5.90. The number of rotatable bonds is 2. The topological polar surface area (TPSA) is 60.9 Å². The molecule has 0 spiro atoms. The summed E-state index contributed by atoms with van der Waals surface area (Å²) in [5.74, 6) is 0. The van der Waals surface area contributed by atoms with Gasteiger partial charge in [0, 0.05) is 12.6 Å². The summed E-state index contributed by atoms with van der Waals surface area (Å²) in [6, 6.07) is 7.41. The van der Waals surface area contributed by atoms with Gasteiger partial charge in [0.15, 0.2) is 0 Å². The van der Waals surface area contributed by atoms with Crippen molar-refractivity contribution in [2.24, 2.45) is 5.73 Å². The van der Waals surface area contributed by atoms with Crippen molar-refractivity contribution in [3.63, 3.8) is 0 Å². The maximum Gasteiger partial charge on any atom is 0.271 e. The summed E-state index contributed by atoms with van der Waals surface area (Å²) in [5, 5.41) is 4.31. The van der Waals surface area contributed by atoms with Crippen LogP contribution >= 0.6 is 0 Å². The van der Waals surface area contributed by atoms with Gasteiger partial charge < -0.3 is 5.73 Å². The van der Waals surface area contributed by atoms with Crippen LogP contribution in [0, 0.1) is 20.8 Å². The standard InChI is InChI=1S/C14H17N3O/c1-9-4-5-13(6-10(9)2)17-14(18)7-12(8-15)11(3)16-17/h4-7H,8,15H2,1-3H3. The van der Waals surface area contributed by atoms with E-state index in [1.54, 1.807) is 6.07 Å².